The Morgan fingerprint density at radius 2 is 2.57 bits per heavy atom. The van der Waals surface area contributed by atoms with Crippen molar-refractivity contribution in [3.05, 3.63) is 24.5 Å². The summed E-state index contributed by atoms with van der Waals surface area (Å²) in [6, 6.07) is 0. The predicted octanol–water partition coefficient (Wildman–Crippen LogP) is 0.828. The highest BCUT2D eigenvalue weighted by molar-refractivity contribution is 5.87. The number of rotatable bonds is 4. The first kappa shape index (κ1) is 10.3. The van der Waals surface area contributed by atoms with Crippen LogP contribution in [-0.2, 0) is 11.3 Å². The van der Waals surface area contributed by atoms with Crippen LogP contribution >= 0.6 is 0 Å². The van der Waals surface area contributed by atoms with Crippen molar-refractivity contribution in [2.24, 2.45) is 0 Å². The largest absolute Gasteiger partial charge is 0.461 e. The van der Waals surface area contributed by atoms with Crippen LogP contribution in [0.3, 0.4) is 0 Å². The second-order valence-corrected chi connectivity index (χ2v) is 2.62. The Bertz CT molecular complexity index is 344. The van der Waals surface area contributed by atoms with Gasteiger partial charge in [-0.1, -0.05) is 6.08 Å². The lowest BCUT2D eigenvalue weighted by molar-refractivity contribution is 0.0514. The number of ether oxygens (including phenoxy) is 1. The van der Waals surface area contributed by atoms with Crippen LogP contribution in [0.4, 0.5) is 5.95 Å². The molecule has 0 unspecified atom stereocenters. The first-order chi connectivity index (χ1) is 6.70. The maximum absolute atomic E-state index is 11.4. The summed E-state index contributed by atoms with van der Waals surface area (Å²) < 4.78 is 6.39. The zero-order valence-corrected chi connectivity index (χ0v) is 8.06. The van der Waals surface area contributed by atoms with E-state index in [9.17, 15) is 4.79 Å². The third kappa shape index (κ3) is 1.93. The lowest BCUT2D eigenvalue weighted by atomic mass is 10.4. The Morgan fingerprint density at radius 1 is 1.86 bits per heavy atom. The molecule has 5 heteroatoms. The summed E-state index contributed by atoms with van der Waals surface area (Å²) in [5.74, 6) is -0.133. The van der Waals surface area contributed by atoms with Gasteiger partial charge in [-0.15, -0.1) is 6.58 Å². The SMILES string of the molecule is C=CCn1c(C(=O)OCC)cnc1N. The molecule has 0 saturated carbocycles. The number of esters is 1. The van der Waals surface area contributed by atoms with Gasteiger partial charge in [-0.3, -0.25) is 0 Å². The minimum absolute atomic E-state index is 0.285. The van der Waals surface area contributed by atoms with E-state index in [2.05, 4.69) is 11.6 Å². The number of anilines is 1. The quantitative estimate of drug-likeness (QED) is 0.570. The number of hydrogen-bond donors (Lipinski definition) is 1. The van der Waals surface area contributed by atoms with Crippen LogP contribution in [0.2, 0.25) is 0 Å². The molecule has 0 aliphatic heterocycles. The van der Waals surface area contributed by atoms with E-state index < -0.39 is 5.97 Å². The number of carbonyl (C=O) groups is 1. The Morgan fingerprint density at radius 3 is 3.14 bits per heavy atom. The molecule has 14 heavy (non-hydrogen) atoms. The van der Waals surface area contributed by atoms with Crippen molar-refractivity contribution in [1.29, 1.82) is 0 Å². The molecule has 0 bridgehead atoms. The van der Waals surface area contributed by atoms with Crippen molar-refractivity contribution in [3.8, 4) is 0 Å². The van der Waals surface area contributed by atoms with Crippen LogP contribution in [0.5, 0.6) is 0 Å². The summed E-state index contributed by atoms with van der Waals surface area (Å²) in [6.45, 7) is 6.09. The van der Waals surface area contributed by atoms with Crippen LogP contribution < -0.4 is 5.73 Å². The highest BCUT2D eigenvalue weighted by atomic mass is 16.5. The van der Waals surface area contributed by atoms with Gasteiger partial charge < -0.3 is 15.0 Å². The molecule has 0 saturated heterocycles. The van der Waals surface area contributed by atoms with Crippen LogP contribution in [0.15, 0.2) is 18.9 Å². The number of imidazole rings is 1. The van der Waals surface area contributed by atoms with E-state index >= 15 is 0 Å². The molecular formula is C9H13N3O2. The monoisotopic (exact) mass is 195 g/mol. The van der Waals surface area contributed by atoms with Gasteiger partial charge in [-0.05, 0) is 6.92 Å². The molecule has 5 nitrogen and oxygen atoms in total. The molecule has 0 amide bonds. The lowest BCUT2D eigenvalue weighted by Gasteiger charge is -2.05. The Labute approximate surface area is 82.2 Å². The van der Waals surface area contributed by atoms with Gasteiger partial charge in [0.15, 0.2) is 0 Å². The van der Waals surface area contributed by atoms with Gasteiger partial charge in [0, 0.05) is 6.54 Å². The highest BCUT2D eigenvalue weighted by Crippen LogP contribution is 2.08. The molecule has 1 aromatic rings. The summed E-state index contributed by atoms with van der Waals surface area (Å²) >= 11 is 0. The molecule has 1 rings (SSSR count). The normalized spacial score (nSPS) is 9.79. The van der Waals surface area contributed by atoms with Gasteiger partial charge >= 0.3 is 5.97 Å². The number of allylic oxidation sites excluding steroid dienone is 1. The van der Waals surface area contributed by atoms with Crippen molar-refractivity contribution in [1.82, 2.24) is 9.55 Å². The molecular weight excluding hydrogens is 182 g/mol. The average Bonchev–Trinajstić information content (AvgIpc) is 2.50. The molecule has 0 spiro atoms. The number of nitrogens with two attached hydrogens (primary N) is 1. The summed E-state index contributed by atoms with van der Waals surface area (Å²) in [5, 5.41) is 0. The van der Waals surface area contributed by atoms with E-state index in [-0.39, 0.29) is 5.95 Å². The van der Waals surface area contributed by atoms with Gasteiger partial charge in [-0.25, -0.2) is 9.78 Å². The maximum atomic E-state index is 11.4. The van der Waals surface area contributed by atoms with Crippen molar-refractivity contribution < 1.29 is 9.53 Å². The minimum Gasteiger partial charge on any atom is -0.461 e. The molecule has 1 heterocycles. The fourth-order valence-corrected chi connectivity index (χ4v) is 1.08. The average molecular weight is 195 g/mol. The maximum Gasteiger partial charge on any atom is 0.356 e. The van der Waals surface area contributed by atoms with Gasteiger partial charge in [0.1, 0.15) is 5.69 Å². The van der Waals surface area contributed by atoms with Crippen molar-refractivity contribution >= 4 is 11.9 Å². The molecule has 76 valence electrons. The van der Waals surface area contributed by atoms with E-state index in [4.69, 9.17) is 10.5 Å². The Balaban J connectivity index is 2.95. The van der Waals surface area contributed by atoms with Crippen molar-refractivity contribution in [3.63, 3.8) is 0 Å². The molecule has 2 N–H and O–H groups in total. The predicted molar refractivity (Wildman–Crippen MR) is 52.8 cm³/mol. The lowest BCUT2D eigenvalue weighted by Crippen LogP contribution is -2.13. The molecule has 0 aliphatic carbocycles. The second kappa shape index (κ2) is 4.45. The van der Waals surface area contributed by atoms with Gasteiger partial charge in [0.05, 0.1) is 12.8 Å². The van der Waals surface area contributed by atoms with Crippen LogP contribution in [0.25, 0.3) is 0 Å². The number of carbonyl (C=O) groups excluding carboxylic acids is 1. The molecule has 0 fully saturated rings. The van der Waals surface area contributed by atoms with E-state index in [1.165, 1.54) is 6.20 Å². The van der Waals surface area contributed by atoms with Crippen LogP contribution in [0, 0.1) is 0 Å². The number of nitrogen functional groups attached to an aromatic ring is 1. The zero-order valence-electron chi connectivity index (χ0n) is 8.06. The standard InChI is InChI=1S/C9H13N3O2/c1-3-5-12-7(6-11-9(12)10)8(13)14-4-2/h3,6H,1,4-5H2,2H3,(H2,10,11). The fraction of sp³-hybridized carbons (Fsp3) is 0.333. The van der Waals surface area contributed by atoms with E-state index in [1.54, 1.807) is 17.6 Å². The van der Waals surface area contributed by atoms with Crippen LogP contribution in [0.1, 0.15) is 17.4 Å². The Kier molecular flexibility index (Phi) is 3.28. The number of aromatic nitrogens is 2. The smallest absolute Gasteiger partial charge is 0.356 e. The topological polar surface area (TPSA) is 70.1 Å². The first-order valence-electron chi connectivity index (χ1n) is 4.29. The van der Waals surface area contributed by atoms with Crippen molar-refractivity contribution in [2.45, 2.75) is 13.5 Å². The van der Waals surface area contributed by atoms with Gasteiger partial charge in [0.25, 0.3) is 0 Å². The molecule has 0 radical (unpaired) electrons. The number of hydrogen-bond acceptors (Lipinski definition) is 4. The summed E-state index contributed by atoms with van der Waals surface area (Å²) in [7, 11) is 0. The third-order valence-electron chi connectivity index (χ3n) is 1.68. The molecule has 0 aromatic carbocycles. The molecule has 0 aliphatic rings. The zero-order chi connectivity index (χ0) is 10.6. The van der Waals surface area contributed by atoms with Crippen LogP contribution in [-0.4, -0.2) is 22.1 Å². The third-order valence-corrected chi connectivity index (χ3v) is 1.68. The fourth-order valence-electron chi connectivity index (χ4n) is 1.08. The second-order valence-electron chi connectivity index (χ2n) is 2.62. The van der Waals surface area contributed by atoms with Gasteiger partial charge in [-0.2, -0.15) is 0 Å². The summed E-state index contributed by atoms with van der Waals surface area (Å²) in [5.41, 5.74) is 5.91. The molecule has 0 atom stereocenters. The minimum atomic E-state index is -0.418. The molecule has 1 aromatic heterocycles. The van der Waals surface area contributed by atoms with E-state index in [0.29, 0.717) is 18.8 Å². The van der Waals surface area contributed by atoms with E-state index in [0.717, 1.165) is 0 Å². The highest BCUT2D eigenvalue weighted by Gasteiger charge is 2.14. The first-order valence-corrected chi connectivity index (χ1v) is 4.29. The number of nitrogens with zero attached hydrogens (tertiary/aromatic N) is 2. The van der Waals surface area contributed by atoms with E-state index in [1.807, 2.05) is 0 Å². The summed E-state index contributed by atoms with van der Waals surface area (Å²) in [4.78, 5) is 15.2. The van der Waals surface area contributed by atoms with Gasteiger partial charge in [0.2, 0.25) is 5.95 Å². The van der Waals surface area contributed by atoms with Crippen molar-refractivity contribution in [2.75, 3.05) is 12.3 Å². The Hall–Kier alpha value is -1.78. The summed E-state index contributed by atoms with van der Waals surface area (Å²) in [6.07, 6.45) is 3.04.